The fourth-order valence-electron chi connectivity index (χ4n) is 3.59. The molecule has 1 aromatic heterocycles. The van der Waals surface area contributed by atoms with Crippen LogP contribution in [0.5, 0.6) is 0 Å². The molecule has 1 unspecified atom stereocenters. The molecule has 1 fully saturated rings. The van der Waals surface area contributed by atoms with Crippen LogP contribution in [0.4, 0.5) is 0 Å². The lowest BCUT2D eigenvalue weighted by atomic mass is 9.99. The number of aliphatic imine (C=N–C) groups is 1. The van der Waals surface area contributed by atoms with Crippen LogP contribution < -0.4 is 5.32 Å². The average molecular weight is 498 g/mol. The summed E-state index contributed by atoms with van der Waals surface area (Å²) in [5.41, 5.74) is 2.59. The van der Waals surface area contributed by atoms with Gasteiger partial charge in [-0.3, -0.25) is 4.99 Å². The molecule has 0 spiro atoms. The molecule has 6 heteroatoms. The zero-order valence-corrected chi connectivity index (χ0v) is 19.5. The van der Waals surface area contributed by atoms with Crippen molar-refractivity contribution in [2.45, 2.75) is 39.0 Å². The van der Waals surface area contributed by atoms with E-state index in [2.05, 4.69) is 62.8 Å². The average Bonchev–Trinajstić information content (AvgIpc) is 3.28. The van der Waals surface area contributed by atoms with Crippen LogP contribution >= 0.6 is 35.3 Å². The number of unbranched alkanes of at least 4 members (excludes halogenated alkanes) is 1. The number of likely N-dealkylation sites (tertiary alicyclic amines) is 1. The van der Waals surface area contributed by atoms with E-state index >= 15 is 0 Å². The monoisotopic (exact) mass is 498 g/mol. The van der Waals surface area contributed by atoms with Crippen molar-refractivity contribution in [3.05, 3.63) is 52.0 Å². The molecule has 0 amide bonds. The zero-order chi connectivity index (χ0) is 18.2. The van der Waals surface area contributed by atoms with Crippen LogP contribution in [0.15, 0.2) is 40.7 Å². The normalized spacial score (nSPS) is 17.0. The minimum atomic E-state index is 0. The summed E-state index contributed by atoms with van der Waals surface area (Å²) >= 11 is 1.78. The summed E-state index contributed by atoms with van der Waals surface area (Å²) in [4.78, 5) is 11.4. The maximum Gasteiger partial charge on any atom is 0.193 e. The van der Waals surface area contributed by atoms with E-state index in [0.717, 1.165) is 50.0 Å². The highest BCUT2D eigenvalue weighted by Crippen LogP contribution is 2.21. The number of guanidine groups is 1. The number of aryl methyl sites for hydroxylation is 2. The molecule has 0 radical (unpaired) electrons. The number of halogens is 1. The van der Waals surface area contributed by atoms with E-state index < -0.39 is 0 Å². The van der Waals surface area contributed by atoms with Gasteiger partial charge in [0.05, 0.1) is 5.01 Å². The van der Waals surface area contributed by atoms with E-state index in [-0.39, 0.29) is 24.0 Å². The number of hydrogen-bond acceptors (Lipinski definition) is 3. The summed E-state index contributed by atoms with van der Waals surface area (Å²) in [6.45, 7) is 5.26. The van der Waals surface area contributed by atoms with E-state index in [1.165, 1.54) is 29.8 Å². The molecule has 2 aromatic rings. The Bertz CT molecular complexity index is 701. The van der Waals surface area contributed by atoms with Crippen LogP contribution in [0, 0.1) is 12.8 Å². The van der Waals surface area contributed by atoms with Crippen molar-refractivity contribution in [1.29, 1.82) is 0 Å². The van der Waals surface area contributed by atoms with Gasteiger partial charge >= 0.3 is 0 Å². The van der Waals surface area contributed by atoms with Gasteiger partial charge in [-0.25, -0.2) is 4.98 Å². The van der Waals surface area contributed by atoms with Crippen molar-refractivity contribution in [2.75, 3.05) is 26.7 Å². The van der Waals surface area contributed by atoms with Gasteiger partial charge in [0, 0.05) is 37.8 Å². The van der Waals surface area contributed by atoms with E-state index in [4.69, 9.17) is 0 Å². The maximum atomic E-state index is 4.53. The summed E-state index contributed by atoms with van der Waals surface area (Å²) in [7, 11) is 1.89. The Morgan fingerprint density at radius 1 is 1.30 bits per heavy atom. The van der Waals surface area contributed by atoms with Gasteiger partial charge in [0.25, 0.3) is 0 Å². The number of rotatable bonds is 7. The first-order valence-electron chi connectivity index (χ1n) is 9.65. The highest BCUT2D eigenvalue weighted by molar-refractivity contribution is 14.0. The molecule has 27 heavy (non-hydrogen) atoms. The van der Waals surface area contributed by atoms with Gasteiger partial charge < -0.3 is 10.2 Å². The highest BCUT2D eigenvalue weighted by atomic mass is 127. The maximum absolute atomic E-state index is 4.53. The fraction of sp³-hybridized carbons (Fsp3) is 0.524. The van der Waals surface area contributed by atoms with Crippen LogP contribution in [-0.2, 0) is 12.8 Å². The molecular formula is C21H31IN4S. The van der Waals surface area contributed by atoms with Crippen molar-refractivity contribution in [2.24, 2.45) is 10.9 Å². The Hall–Kier alpha value is -1.15. The summed E-state index contributed by atoms with van der Waals surface area (Å²) < 4.78 is 0. The van der Waals surface area contributed by atoms with Crippen LogP contribution in [-0.4, -0.2) is 42.5 Å². The lowest BCUT2D eigenvalue weighted by Crippen LogP contribution is -2.40. The van der Waals surface area contributed by atoms with E-state index in [1.807, 2.05) is 7.05 Å². The number of nitrogens with zero attached hydrogens (tertiary/aromatic N) is 3. The van der Waals surface area contributed by atoms with Crippen LogP contribution in [0.2, 0.25) is 0 Å². The van der Waals surface area contributed by atoms with Crippen LogP contribution in [0.1, 0.15) is 35.5 Å². The Morgan fingerprint density at radius 3 is 2.81 bits per heavy atom. The number of benzene rings is 1. The van der Waals surface area contributed by atoms with Gasteiger partial charge in [0.1, 0.15) is 0 Å². The fourth-order valence-corrected chi connectivity index (χ4v) is 4.41. The molecule has 1 aliphatic rings. The predicted octanol–water partition coefficient (Wildman–Crippen LogP) is 4.53. The molecule has 1 aliphatic heterocycles. The van der Waals surface area contributed by atoms with E-state index in [9.17, 15) is 0 Å². The third kappa shape index (κ3) is 7.07. The first-order chi connectivity index (χ1) is 12.7. The second-order valence-electron chi connectivity index (χ2n) is 7.10. The van der Waals surface area contributed by atoms with Gasteiger partial charge in [0.15, 0.2) is 5.96 Å². The molecule has 4 nitrogen and oxygen atoms in total. The van der Waals surface area contributed by atoms with Gasteiger partial charge in [-0.2, -0.15) is 0 Å². The number of aromatic nitrogens is 1. The van der Waals surface area contributed by atoms with Crippen molar-refractivity contribution in [3.63, 3.8) is 0 Å². The molecule has 1 atom stereocenters. The van der Waals surface area contributed by atoms with Gasteiger partial charge in [0.2, 0.25) is 0 Å². The molecule has 148 valence electrons. The van der Waals surface area contributed by atoms with Crippen LogP contribution in [0.25, 0.3) is 0 Å². The van der Waals surface area contributed by atoms with Crippen molar-refractivity contribution in [3.8, 4) is 0 Å². The SMILES string of the molecule is CN=C(NCCCCc1nc(C)cs1)N1CCC(Cc2ccccc2)C1.I. The van der Waals surface area contributed by atoms with Crippen molar-refractivity contribution >= 4 is 41.3 Å². The third-order valence-electron chi connectivity index (χ3n) is 4.93. The lowest BCUT2D eigenvalue weighted by Gasteiger charge is -2.21. The molecule has 1 saturated heterocycles. The summed E-state index contributed by atoms with van der Waals surface area (Å²) in [5, 5.41) is 6.94. The smallest absolute Gasteiger partial charge is 0.193 e. The highest BCUT2D eigenvalue weighted by Gasteiger charge is 2.24. The topological polar surface area (TPSA) is 40.5 Å². The van der Waals surface area contributed by atoms with Gasteiger partial charge in [-0.15, -0.1) is 35.3 Å². The first-order valence-corrected chi connectivity index (χ1v) is 10.5. The van der Waals surface area contributed by atoms with Crippen molar-refractivity contribution in [1.82, 2.24) is 15.2 Å². The number of hydrogen-bond donors (Lipinski definition) is 1. The molecule has 0 saturated carbocycles. The second-order valence-corrected chi connectivity index (χ2v) is 8.05. The summed E-state index contributed by atoms with van der Waals surface area (Å²) in [5.74, 6) is 1.79. The largest absolute Gasteiger partial charge is 0.356 e. The molecule has 3 rings (SSSR count). The predicted molar refractivity (Wildman–Crippen MR) is 126 cm³/mol. The van der Waals surface area contributed by atoms with E-state index in [0.29, 0.717) is 0 Å². The van der Waals surface area contributed by atoms with Gasteiger partial charge in [-0.05, 0) is 50.5 Å². The first kappa shape index (κ1) is 22.1. The number of nitrogens with one attached hydrogen (secondary N) is 1. The molecule has 0 bridgehead atoms. The lowest BCUT2D eigenvalue weighted by molar-refractivity contribution is 0.458. The molecule has 1 N–H and O–H groups in total. The van der Waals surface area contributed by atoms with Crippen LogP contribution in [0.3, 0.4) is 0 Å². The number of thiazole rings is 1. The Morgan fingerprint density at radius 2 is 2.11 bits per heavy atom. The molecule has 0 aliphatic carbocycles. The Labute approximate surface area is 184 Å². The minimum Gasteiger partial charge on any atom is -0.356 e. The third-order valence-corrected chi connectivity index (χ3v) is 5.96. The molecule has 2 heterocycles. The van der Waals surface area contributed by atoms with Crippen molar-refractivity contribution < 1.29 is 0 Å². The minimum absolute atomic E-state index is 0. The molecule has 1 aromatic carbocycles. The second kappa shape index (κ2) is 11.6. The molecular weight excluding hydrogens is 467 g/mol. The Balaban J connectivity index is 0.00000261. The quantitative estimate of drug-likeness (QED) is 0.264. The standard InChI is InChI=1S/C21H30N4S.HI/c1-17-16-26-20(24-17)10-6-7-12-23-21(22-2)25-13-11-19(15-25)14-18-8-4-3-5-9-18;/h3-5,8-9,16,19H,6-7,10-15H2,1-2H3,(H,22,23);1H. The zero-order valence-electron chi connectivity index (χ0n) is 16.4. The van der Waals surface area contributed by atoms with Gasteiger partial charge in [-0.1, -0.05) is 30.3 Å². The van der Waals surface area contributed by atoms with E-state index in [1.54, 1.807) is 11.3 Å². The summed E-state index contributed by atoms with van der Waals surface area (Å²) in [6.07, 6.45) is 5.83. The Kier molecular flexibility index (Phi) is 9.54. The summed E-state index contributed by atoms with van der Waals surface area (Å²) in [6, 6.07) is 10.8.